The molecule has 1 aromatic heterocycles. The molecule has 2 heterocycles. The highest BCUT2D eigenvalue weighted by atomic mass is 19.4. The van der Waals surface area contributed by atoms with Gasteiger partial charge < -0.3 is 19.7 Å². The molecule has 4 aromatic rings. The molecule has 5 rings (SSSR count). The van der Waals surface area contributed by atoms with Crippen molar-refractivity contribution in [3.05, 3.63) is 110 Å². The van der Waals surface area contributed by atoms with Gasteiger partial charge in [0.1, 0.15) is 5.75 Å². The van der Waals surface area contributed by atoms with Crippen LogP contribution in [-0.4, -0.2) is 45.7 Å². The van der Waals surface area contributed by atoms with Gasteiger partial charge in [-0.3, -0.25) is 14.2 Å². The van der Waals surface area contributed by atoms with Crippen molar-refractivity contribution in [2.24, 2.45) is 0 Å². The molecule has 0 unspecified atom stereocenters. The molecule has 0 bridgehead atoms. The lowest BCUT2D eigenvalue weighted by atomic mass is 9.83. The molecule has 0 radical (unpaired) electrons. The number of nitrogens with zero attached hydrogens (tertiary/aromatic N) is 2. The number of piperidine rings is 1. The molecule has 0 atom stereocenters. The first kappa shape index (κ1) is 27.2. The third-order valence-corrected chi connectivity index (χ3v) is 7.33. The van der Waals surface area contributed by atoms with E-state index in [0.29, 0.717) is 5.75 Å². The van der Waals surface area contributed by atoms with Crippen LogP contribution in [0.2, 0.25) is 0 Å². The van der Waals surface area contributed by atoms with Gasteiger partial charge >= 0.3 is 11.9 Å². The van der Waals surface area contributed by atoms with Gasteiger partial charge in [-0.25, -0.2) is 4.79 Å². The number of hydrogen-bond donors (Lipinski definition) is 2. The lowest BCUT2D eigenvalue weighted by Gasteiger charge is -2.38. The van der Waals surface area contributed by atoms with Crippen LogP contribution in [0.1, 0.15) is 39.9 Å². The highest BCUT2D eigenvalue weighted by Gasteiger charge is 2.38. The Labute approximate surface area is 226 Å². The van der Waals surface area contributed by atoms with Gasteiger partial charge in [0, 0.05) is 18.7 Å². The van der Waals surface area contributed by atoms with E-state index in [1.807, 2.05) is 0 Å². The number of carbonyl (C=O) groups is 1. The number of H-pyrrole nitrogens is 1. The number of aromatic amines is 1. The number of amides is 1. The van der Waals surface area contributed by atoms with E-state index in [1.165, 1.54) is 35.2 Å². The number of aromatic nitrogens is 2. The molecule has 2 N–H and O–H groups in total. The van der Waals surface area contributed by atoms with Crippen LogP contribution in [0.15, 0.2) is 76.3 Å². The minimum Gasteiger partial charge on any atom is -0.497 e. The zero-order valence-corrected chi connectivity index (χ0v) is 21.5. The average Bonchev–Trinajstić information content (AvgIpc) is 2.95. The molecule has 1 amide bonds. The Kier molecular flexibility index (Phi) is 7.01. The minimum absolute atomic E-state index is 0.0529. The molecule has 3 aromatic carbocycles. The fourth-order valence-electron chi connectivity index (χ4n) is 4.98. The van der Waals surface area contributed by atoms with Gasteiger partial charge in [0.05, 0.1) is 35.7 Å². The van der Waals surface area contributed by atoms with E-state index in [2.05, 4.69) is 4.98 Å². The minimum atomic E-state index is -4.53. The van der Waals surface area contributed by atoms with Crippen molar-refractivity contribution in [2.75, 3.05) is 20.2 Å². The SMILES string of the molecule is COc1ccc(Cn2c(=O)[nH]c3cc(C(=O)N4CCC(O)(c5cccc(C(F)(F)F)c5)CC4)ccc3c2=O)cc1. The van der Waals surface area contributed by atoms with Gasteiger partial charge in [0.2, 0.25) is 0 Å². The number of fused-ring (bicyclic) bond motifs is 1. The maximum atomic E-state index is 13.2. The third-order valence-electron chi connectivity index (χ3n) is 7.33. The molecule has 1 fully saturated rings. The Bertz CT molecular complexity index is 1680. The van der Waals surface area contributed by atoms with Gasteiger partial charge in [0.25, 0.3) is 11.5 Å². The normalized spacial score (nSPS) is 15.3. The molecular weight excluding hydrogens is 527 g/mol. The van der Waals surface area contributed by atoms with Crippen LogP contribution < -0.4 is 16.0 Å². The Hall–Kier alpha value is -4.38. The van der Waals surface area contributed by atoms with E-state index in [1.54, 1.807) is 31.4 Å². The van der Waals surface area contributed by atoms with Crippen molar-refractivity contribution in [1.29, 1.82) is 0 Å². The van der Waals surface area contributed by atoms with Crippen LogP contribution >= 0.6 is 0 Å². The Morgan fingerprint density at radius 2 is 1.73 bits per heavy atom. The zero-order chi connectivity index (χ0) is 28.7. The molecule has 40 heavy (non-hydrogen) atoms. The predicted molar refractivity (Wildman–Crippen MR) is 141 cm³/mol. The Morgan fingerprint density at radius 3 is 2.38 bits per heavy atom. The maximum absolute atomic E-state index is 13.2. The van der Waals surface area contributed by atoms with Crippen molar-refractivity contribution in [1.82, 2.24) is 14.5 Å². The highest BCUT2D eigenvalue weighted by molar-refractivity contribution is 5.97. The molecule has 8 nitrogen and oxygen atoms in total. The van der Waals surface area contributed by atoms with Crippen molar-refractivity contribution < 1.29 is 27.8 Å². The molecule has 1 aliphatic rings. The largest absolute Gasteiger partial charge is 0.497 e. The lowest BCUT2D eigenvalue weighted by molar-refractivity contribution is -0.137. The smallest absolute Gasteiger partial charge is 0.416 e. The van der Waals surface area contributed by atoms with E-state index in [9.17, 15) is 32.7 Å². The van der Waals surface area contributed by atoms with Crippen molar-refractivity contribution in [3.63, 3.8) is 0 Å². The molecular formula is C29H26F3N3O5. The first-order valence-corrected chi connectivity index (χ1v) is 12.6. The predicted octanol–water partition coefficient (Wildman–Crippen LogP) is 3.89. The number of nitrogens with one attached hydrogen (secondary N) is 1. The summed E-state index contributed by atoms with van der Waals surface area (Å²) in [5.41, 5.74) is -2.13. The average molecular weight is 554 g/mol. The number of likely N-dealkylation sites (tertiary alicyclic amines) is 1. The number of aliphatic hydroxyl groups is 1. The van der Waals surface area contributed by atoms with E-state index >= 15 is 0 Å². The van der Waals surface area contributed by atoms with Crippen molar-refractivity contribution in [3.8, 4) is 5.75 Å². The molecule has 0 aliphatic carbocycles. The second-order valence-corrected chi connectivity index (χ2v) is 9.83. The van der Waals surface area contributed by atoms with Gasteiger partial charge in [0.15, 0.2) is 0 Å². The van der Waals surface area contributed by atoms with E-state index in [-0.39, 0.29) is 60.4 Å². The number of alkyl halides is 3. The summed E-state index contributed by atoms with van der Waals surface area (Å²) in [6.07, 6.45) is -4.42. The van der Waals surface area contributed by atoms with Gasteiger partial charge in [-0.2, -0.15) is 13.2 Å². The summed E-state index contributed by atoms with van der Waals surface area (Å²) in [6.45, 7) is 0.282. The second-order valence-electron chi connectivity index (χ2n) is 9.83. The van der Waals surface area contributed by atoms with Crippen LogP contribution in [0.3, 0.4) is 0 Å². The lowest BCUT2D eigenvalue weighted by Crippen LogP contribution is -2.45. The zero-order valence-electron chi connectivity index (χ0n) is 21.5. The van der Waals surface area contributed by atoms with Gasteiger partial charge in [-0.05, 0) is 66.4 Å². The summed E-state index contributed by atoms with van der Waals surface area (Å²) >= 11 is 0. The Morgan fingerprint density at radius 1 is 1.02 bits per heavy atom. The van der Waals surface area contributed by atoms with Crippen LogP contribution in [0.4, 0.5) is 13.2 Å². The number of carbonyl (C=O) groups excluding carboxylic acids is 1. The van der Waals surface area contributed by atoms with E-state index in [0.717, 1.165) is 22.3 Å². The van der Waals surface area contributed by atoms with Crippen LogP contribution in [-0.2, 0) is 18.3 Å². The fraction of sp³-hybridized carbons (Fsp3) is 0.276. The topological polar surface area (TPSA) is 105 Å². The third kappa shape index (κ3) is 5.24. The summed E-state index contributed by atoms with van der Waals surface area (Å²) in [6, 6.07) is 16.0. The first-order chi connectivity index (χ1) is 19.0. The first-order valence-electron chi connectivity index (χ1n) is 12.6. The van der Waals surface area contributed by atoms with Crippen molar-refractivity contribution >= 4 is 16.8 Å². The van der Waals surface area contributed by atoms with Gasteiger partial charge in [-0.1, -0.05) is 24.3 Å². The molecule has 208 valence electrons. The summed E-state index contributed by atoms with van der Waals surface area (Å²) in [4.78, 5) is 43.2. The monoisotopic (exact) mass is 553 g/mol. The number of halogens is 3. The standard InChI is InChI=1S/C29H26F3N3O5/c1-40-22-8-5-18(6-9-22)17-35-26(37)23-10-7-19(15-24(23)33-27(35)38)25(36)34-13-11-28(39,12-14-34)20-3-2-4-21(16-20)29(30,31)32/h2-10,15-16,39H,11-14,17H2,1H3,(H,33,38). The second kappa shape index (κ2) is 10.3. The summed E-state index contributed by atoms with van der Waals surface area (Å²) < 4.78 is 45.6. The van der Waals surface area contributed by atoms with Crippen LogP contribution in [0, 0.1) is 0 Å². The molecule has 11 heteroatoms. The number of ether oxygens (including phenoxy) is 1. The summed E-state index contributed by atoms with van der Waals surface area (Å²) in [5, 5.41) is 11.3. The molecule has 0 spiro atoms. The van der Waals surface area contributed by atoms with Crippen LogP contribution in [0.5, 0.6) is 5.75 Å². The maximum Gasteiger partial charge on any atom is 0.416 e. The number of hydrogen-bond acceptors (Lipinski definition) is 5. The fourth-order valence-corrected chi connectivity index (χ4v) is 4.98. The summed E-state index contributed by atoms with van der Waals surface area (Å²) in [5.74, 6) is 0.269. The van der Waals surface area contributed by atoms with E-state index < -0.39 is 28.6 Å². The number of methoxy groups -OCH3 is 1. The van der Waals surface area contributed by atoms with Crippen LogP contribution in [0.25, 0.3) is 10.9 Å². The summed E-state index contributed by atoms with van der Waals surface area (Å²) in [7, 11) is 1.54. The quantitative estimate of drug-likeness (QED) is 0.390. The molecule has 0 saturated carbocycles. The van der Waals surface area contributed by atoms with Gasteiger partial charge in [-0.15, -0.1) is 0 Å². The number of benzene rings is 3. The number of rotatable bonds is 5. The highest BCUT2D eigenvalue weighted by Crippen LogP contribution is 2.37. The van der Waals surface area contributed by atoms with E-state index in [4.69, 9.17) is 4.74 Å². The van der Waals surface area contributed by atoms with Crippen molar-refractivity contribution in [2.45, 2.75) is 31.2 Å². The molecule has 1 aliphatic heterocycles. The molecule has 1 saturated heterocycles. The Balaban J connectivity index is 1.33.